The first-order valence-corrected chi connectivity index (χ1v) is 8.11. The molecule has 0 N–H and O–H groups in total. The maximum atomic E-state index is 5.71. The molecule has 0 radical (unpaired) electrons. The summed E-state index contributed by atoms with van der Waals surface area (Å²) in [5, 5.41) is 7.91. The molecule has 0 aliphatic carbocycles. The molecule has 0 saturated heterocycles. The number of benzene rings is 2. The maximum Gasteiger partial charge on any atom is 0.264 e. The van der Waals surface area contributed by atoms with Gasteiger partial charge in [0.15, 0.2) is 6.61 Å². The van der Waals surface area contributed by atoms with E-state index < -0.39 is 0 Å². The monoisotopic (exact) mass is 348 g/mol. The fraction of sp³-hybridized carbons (Fsp3) is 0.158. The summed E-state index contributed by atoms with van der Waals surface area (Å²) >= 11 is 0. The minimum absolute atomic E-state index is 0.194. The standard InChI is InChI=1S/C19H16N4O3/c1-12-5-3-4-6-16(12)19-21-17(26-23-19)11-24-15-9-7-14(8-10-15)18-20-13(2)25-22-18/h3-10H,11H2,1-2H3. The highest BCUT2D eigenvalue weighted by Gasteiger charge is 2.11. The lowest BCUT2D eigenvalue weighted by Crippen LogP contribution is -1.96. The Labute approximate surface area is 149 Å². The van der Waals surface area contributed by atoms with Crippen LogP contribution in [0.25, 0.3) is 22.8 Å². The minimum atomic E-state index is 0.194. The summed E-state index contributed by atoms with van der Waals surface area (Å²) < 4.78 is 16.0. The lowest BCUT2D eigenvalue weighted by molar-refractivity contribution is 0.243. The van der Waals surface area contributed by atoms with E-state index in [1.54, 1.807) is 6.92 Å². The number of aromatic nitrogens is 4. The van der Waals surface area contributed by atoms with Gasteiger partial charge < -0.3 is 13.8 Å². The van der Waals surface area contributed by atoms with Crippen LogP contribution in [-0.4, -0.2) is 20.3 Å². The van der Waals surface area contributed by atoms with Crippen LogP contribution in [0.1, 0.15) is 17.3 Å². The second kappa shape index (κ2) is 6.79. The van der Waals surface area contributed by atoms with Crippen LogP contribution < -0.4 is 4.74 Å². The Kier molecular flexibility index (Phi) is 4.18. The lowest BCUT2D eigenvalue weighted by atomic mass is 10.1. The van der Waals surface area contributed by atoms with Gasteiger partial charge in [-0.1, -0.05) is 34.6 Å². The van der Waals surface area contributed by atoms with Crippen molar-refractivity contribution in [1.29, 1.82) is 0 Å². The number of hydrogen-bond donors (Lipinski definition) is 0. The highest BCUT2D eigenvalue weighted by atomic mass is 16.5. The number of hydrogen-bond acceptors (Lipinski definition) is 7. The van der Waals surface area contributed by atoms with E-state index in [1.165, 1.54) is 0 Å². The van der Waals surface area contributed by atoms with E-state index in [1.807, 2.05) is 55.5 Å². The van der Waals surface area contributed by atoms with E-state index >= 15 is 0 Å². The SMILES string of the molecule is Cc1nc(-c2ccc(OCc3nc(-c4ccccc4C)no3)cc2)no1. The highest BCUT2D eigenvalue weighted by molar-refractivity contribution is 5.59. The average Bonchev–Trinajstić information content (AvgIpc) is 3.30. The van der Waals surface area contributed by atoms with Crippen molar-refractivity contribution in [3.63, 3.8) is 0 Å². The van der Waals surface area contributed by atoms with Crippen LogP contribution in [0.3, 0.4) is 0 Å². The first-order chi connectivity index (χ1) is 12.7. The van der Waals surface area contributed by atoms with E-state index in [0.29, 0.717) is 29.2 Å². The molecule has 0 bridgehead atoms. The molecule has 0 unspecified atom stereocenters. The van der Waals surface area contributed by atoms with E-state index in [9.17, 15) is 0 Å². The van der Waals surface area contributed by atoms with Gasteiger partial charge in [-0.15, -0.1) is 0 Å². The largest absolute Gasteiger partial charge is 0.484 e. The summed E-state index contributed by atoms with van der Waals surface area (Å²) in [7, 11) is 0. The topological polar surface area (TPSA) is 87.1 Å². The average molecular weight is 348 g/mol. The van der Waals surface area contributed by atoms with Gasteiger partial charge in [0.1, 0.15) is 5.75 Å². The Hall–Kier alpha value is -3.48. The summed E-state index contributed by atoms with van der Waals surface area (Å²) in [4.78, 5) is 8.58. The smallest absolute Gasteiger partial charge is 0.264 e. The van der Waals surface area contributed by atoms with Crippen LogP contribution in [0.4, 0.5) is 0 Å². The van der Waals surface area contributed by atoms with Gasteiger partial charge in [0.25, 0.3) is 5.89 Å². The van der Waals surface area contributed by atoms with Crippen molar-refractivity contribution in [1.82, 2.24) is 20.3 Å². The van der Waals surface area contributed by atoms with Crippen LogP contribution in [0.15, 0.2) is 57.6 Å². The molecular weight excluding hydrogens is 332 g/mol. The third kappa shape index (κ3) is 3.32. The van der Waals surface area contributed by atoms with E-state index in [2.05, 4.69) is 20.3 Å². The van der Waals surface area contributed by atoms with Crippen LogP contribution >= 0.6 is 0 Å². The van der Waals surface area contributed by atoms with E-state index in [4.69, 9.17) is 13.8 Å². The second-order valence-corrected chi connectivity index (χ2v) is 5.78. The molecule has 0 amide bonds. The minimum Gasteiger partial charge on any atom is -0.484 e. The van der Waals surface area contributed by atoms with Crippen molar-refractivity contribution in [2.45, 2.75) is 20.5 Å². The molecule has 7 heteroatoms. The lowest BCUT2D eigenvalue weighted by Gasteiger charge is -2.03. The van der Waals surface area contributed by atoms with Crippen LogP contribution in [0.2, 0.25) is 0 Å². The molecule has 0 fully saturated rings. The summed E-state index contributed by atoms with van der Waals surface area (Å²) in [5.41, 5.74) is 2.89. The predicted molar refractivity (Wildman–Crippen MR) is 93.3 cm³/mol. The van der Waals surface area contributed by atoms with Crippen molar-refractivity contribution in [2.75, 3.05) is 0 Å². The number of ether oxygens (including phenoxy) is 1. The molecular formula is C19H16N4O3. The molecule has 26 heavy (non-hydrogen) atoms. The zero-order chi connectivity index (χ0) is 17.9. The second-order valence-electron chi connectivity index (χ2n) is 5.78. The summed E-state index contributed by atoms with van der Waals surface area (Å²) in [6.07, 6.45) is 0. The molecule has 0 saturated carbocycles. The van der Waals surface area contributed by atoms with E-state index in [0.717, 1.165) is 16.7 Å². The first-order valence-electron chi connectivity index (χ1n) is 8.11. The predicted octanol–water partition coefficient (Wildman–Crippen LogP) is 3.98. The molecule has 0 aliphatic rings. The first kappa shape index (κ1) is 16.0. The zero-order valence-electron chi connectivity index (χ0n) is 14.3. The van der Waals surface area contributed by atoms with Crippen molar-refractivity contribution in [3.05, 3.63) is 65.9 Å². The molecule has 2 aromatic heterocycles. The molecule has 0 aliphatic heterocycles. The van der Waals surface area contributed by atoms with Crippen molar-refractivity contribution in [3.8, 4) is 28.5 Å². The van der Waals surface area contributed by atoms with Gasteiger partial charge in [0.2, 0.25) is 17.5 Å². The van der Waals surface area contributed by atoms with Gasteiger partial charge in [-0.2, -0.15) is 9.97 Å². The van der Waals surface area contributed by atoms with Crippen molar-refractivity contribution < 1.29 is 13.8 Å². The third-order valence-corrected chi connectivity index (χ3v) is 3.86. The Morgan fingerprint density at radius 1 is 0.846 bits per heavy atom. The van der Waals surface area contributed by atoms with Gasteiger partial charge in [-0.3, -0.25) is 0 Å². The molecule has 130 valence electrons. The van der Waals surface area contributed by atoms with Gasteiger partial charge in [0, 0.05) is 18.1 Å². The van der Waals surface area contributed by atoms with Crippen LogP contribution in [0, 0.1) is 13.8 Å². The number of nitrogens with zero attached hydrogens (tertiary/aromatic N) is 4. The van der Waals surface area contributed by atoms with E-state index in [-0.39, 0.29) is 6.61 Å². The highest BCUT2D eigenvalue weighted by Crippen LogP contribution is 2.22. The molecule has 7 nitrogen and oxygen atoms in total. The fourth-order valence-electron chi connectivity index (χ4n) is 2.51. The zero-order valence-corrected chi connectivity index (χ0v) is 14.3. The number of rotatable bonds is 5. The van der Waals surface area contributed by atoms with Crippen LogP contribution in [-0.2, 0) is 6.61 Å². The fourth-order valence-corrected chi connectivity index (χ4v) is 2.51. The summed E-state index contributed by atoms with van der Waals surface area (Å²) in [5.74, 6) is 2.74. The Bertz CT molecular complexity index is 1020. The molecule has 0 spiro atoms. The van der Waals surface area contributed by atoms with Crippen molar-refractivity contribution in [2.24, 2.45) is 0 Å². The van der Waals surface area contributed by atoms with Gasteiger partial charge in [0.05, 0.1) is 0 Å². The summed E-state index contributed by atoms with van der Waals surface area (Å²) in [6, 6.07) is 15.3. The maximum absolute atomic E-state index is 5.71. The van der Waals surface area contributed by atoms with Crippen LogP contribution in [0.5, 0.6) is 5.75 Å². The van der Waals surface area contributed by atoms with Gasteiger partial charge in [-0.25, -0.2) is 0 Å². The quantitative estimate of drug-likeness (QED) is 0.539. The normalized spacial score (nSPS) is 10.8. The molecule has 2 aromatic carbocycles. The van der Waals surface area contributed by atoms with Crippen molar-refractivity contribution >= 4 is 0 Å². The Balaban J connectivity index is 1.42. The Morgan fingerprint density at radius 3 is 2.35 bits per heavy atom. The molecule has 4 rings (SSSR count). The number of aryl methyl sites for hydroxylation is 2. The summed E-state index contributed by atoms with van der Waals surface area (Å²) in [6.45, 7) is 3.96. The molecule has 4 aromatic rings. The van der Waals surface area contributed by atoms with Gasteiger partial charge >= 0.3 is 0 Å². The molecule has 2 heterocycles. The third-order valence-electron chi connectivity index (χ3n) is 3.86. The Morgan fingerprint density at radius 2 is 1.62 bits per heavy atom. The molecule has 0 atom stereocenters. The van der Waals surface area contributed by atoms with Gasteiger partial charge in [-0.05, 0) is 36.8 Å².